The summed E-state index contributed by atoms with van der Waals surface area (Å²) in [5.41, 5.74) is 3.46. The molecule has 27 heavy (non-hydrogen) atoms. The molecular weight excluding hydrogens is 407 g/mol. The second-order valence-corrected chi connectivity index (χ2v) is 9.24. The molecule has 0 fully saturated rings. The monoisotopic (exact) mass is 428 g/mol. The first-order valence-electron chi connectivity index (χ1n) is 8.28. The molecule has 2 rings (SSSR count). The molecule has 1 amide bonds. The number of anilines is 1. The first-order valence-corrected chi connectivity index (χ1v) is 10.9. The minimum Gasteiger partial charge on any atom is -0.348 e. The van der Waals surface area contributed by atoms with E-state index in [0.717, 1.165) is 27.3 Å². The maximum Gasteiger partial charge on any atom is 0.241 e. The summed E-state index contributed by atoms with van der Waals surface area (Å²) >= 11 is 11.9. The van der Waals surface area contributed by atoms with Crippen LogP contribution >= 0.6 is 23.2 Å². The van der Waals surface area contributed by atoms with Crippen LogP contribution in [0.25, 0.3) is 0 Å². The zero-order valence-corrected chi connectivity index (χ0v) is 17.9. The Hall–Kier alpha value is -1.76. The SMILES string of the molecule is Cc1ccc([C@H](C)NC(=O)CN(c2ccc(Cl)c(Cl)c2)S(C)(=O)=O)c(C)c1. The fourth-order valence-electron chi connectivity index (χ4n) is 2.85. The van der Waals surface area contributed by atoms with Gasteiger partial charge in [0.25, 0.3) is 0 Å². The number of aryl methyl sites for hydroxylation is 2. The average molecular weight is 429 g/mol. The quantitative estimate of drug-likeness (QED) is 0.747. The maximum absolute atomic E-state index is 12.5. The lowest BCUT2D eigenvalue weighted by Gasteiger charge is -2.24. The fraction of sp³-hybridized carbons (Fsp3) is 0.316. The number of halogens is 2. The third-order valence-corrected chi connectivity index (χ3v) is 6.03. The van der Waals surface area contributed by atoms with Crippen molar-refractivity contribution >= 4 is 44.8 Å². The lowest BCUT2D eigenvalue weighted by molar-refractivity contribution is -0.120. The van der Waals surface area contributed by atoms with E-state index in [9.17, 15) is 13.2 Å². The van der Waals surface area contributed by atoms with E-state index >= 15 is 0 Å². The Morgan fingerprint density at radius 2 is 1.78 bits per heavy atom. The van der Waals surface area contributed by atoms with E-state index in [4.69, 9.17) is 23.2 Å². The number of nitrogens with one attached hydrogen (secondary N) is 1. The van der Waals surface area contributed by atoms with Crippen molar-refractivity contribution in [1.82, 2.24) is 5.32 Å². The third kappa shape index (κ3) is 5.61. The van der Waals surface area contributed by atoms with Crippen molar-refractivity contribution in [3.8, 4) is 0 Å². The van der Waals surface area contributed by atoms with Gasteiger partial charge in [-0.3, -0.25) is 9.10 Å². The summed E-state index contributed by atoms with van der Waals surface area (Å²) < 4.78 is 25.4. The number of rotatable bonds is 6. The van der Waals surface area contributed by atoms with E-state index in [0.29, 0.717) is 5.02 Å². The average Bonchev–Trinajstić information content (AvgIpc) is 2.54. The molecule has 0 bridgehead atoms. The highest BCUT2D eigenvalue weighted by atomic mass is 35.5. The van der Waals surface area contributed by atoms with Crippen molar-refractivity contribution in [3.63, 3.8) is 0 Å². The standard InChI is InChI=1S/C19H22Cl2N2O3S/c1-12-5-7-16(13(2)9-12)14(3)22-19(24)11-23(27(4,25)26)15-6-8-17(20)18(21)10-15/h5-10,14H,11H2,1-4H3,(H,22,24)/t14-/m0/s1. The fourth-order valence-corrected chi connectivity index (χ4v) is 3.99. The van der Waals surface area contributed by atoms with Crippen molar-refractivity contribution in [2.75, 3.05) is 17.1 Å². The normalized spacial score (nSPS) is 12.5. The Kier molecular flexibility index (Phi) is 6.78. The summed E-state index contributed by atoms with van der Waals surface area (Å²) in [6.07, 6.45) is 1.04. The highest BCUT2D eigenvalue weighted by Crippen LogP contribution is 2.28. The van der Waals surface area contributed by atoms with Gasteiger partial charge in [0.15, 0.2) is 0 Å². The van der Waals surface area contributed by atoms with Crippen molar-refractivity contribution in [3.05, 3.63) is 63.1 Å². The van der Waals surface area contributed by atoms with Crippen molar-refractivity contribution in [2.24, 2.45) is 0 Å². The van der Waals surface area contributed by atoms with Crippen LogP contribution in [0.5, 0.6) is 0 Å². The molecule has 8 heteroatoms. The highest BCUT2D eigenvalue weighted by Gasteiger charge is 2.23. The zero-order chi connectivity index (χ0) is 20.4. The van der Waals surface area contributed by atoms with Crippen LogP contribution in [0.4, 0.5) is 5.69 Å². The van der Waals surface area contributed by atoms with Crippen LogP contribution < -0.4 is 9.62 Å². The first kappa shape index (κ1) is 21.5. The number of carbonyl (C=O) groups excluding carboxylic acids is 1. The number of carbonyl (C=O) groups is 1. The van der Waals surface area contributed by atoms with Crippen LogP contribution in [0.1, 0.15) is 29.7 Å². The van der Waals surface area contributed by atoms with Crippen LogP contribution in [0.15, 0.2) is 36.4 Å². The Morgan fingerprint density at radius 1 is 1.11 bits per heavy atom. The number of benzene rings is 2. The molecule has 0 spiro atoms. The van der Waals surface area contributed by atoms with Gasteiger partial charge in [-0.15, -0.1) is 0 Å². The van der Waals surface area contributed by atoms with Gasteiger partial charge in [0, 0.05) is 0 Å². The summed E-state index contributed by atoms with van der Waals surface area (Å²) in [7, 11) is -3.69. The molecule has 0 aromatic heterocycles. The molecule has 5 nitrogen and oxygen atoms in total. The zero-order valence-electron chi connectivity index (χ0n) is 15.6. The molecule has 0 aliphatic carbocycles. The van der Waals surface area contributed by atoms with Crippen LogP contribution in [-0.4, -0.2) is 27.1 Å². The number of amides is 1. The Balaban J connectivity index is 2.20. The van der Waals surface area contributed by atoms with E-state index < -0.39 is 15.9 Å². The molecule has 0 saturated heterocycles. The van der Waals surface area contributed by atoms with Crippen molar-refractivity contribution in [2.45, 2.75) is 26.8 Å². The van der Waals surface area contributed by atoms with E-state index in [-0.39, 0.29) is 23.3 Å². The van der Waals surface area contributed by atoms with Gasteiger partial charge in [0.05, 0.1) is 28.0 Å². The Bertz CT molecular complexity index is 961. The van der Waals surface area contributed by atoms with Gasteiger partial charge in [0.1, 0.15) is 6.54 Å². The molecular formula is C19H22Cl2N2O3S. The summed E-state index contributed by atoms with van der Waals surface area (Å²) in [5.74, 6) is -0.418. The van der Waals surface area contributed by atoms with Gasteiger partial charge in [-0.25, -0.2) is 8.42 Å². The van der Waals surface area contributed by atoms with Crippen LogP contribution in [-0.2, 0) is 14.8 Å². The summed E-state index contributed by atoms with van der Waals surface area (Å²) in [5, 5.41) is 3.37. The third-order valence-electron chi connectivity index (χ3n) is 4.15. The van der Waals surface area contributed by atoms with Crippen LogP contribution in [0, 0.1) is 13.8 Å². The molecule has 0 unspecified atom stereocenters. The predicted molar refractivity (Wildman–Crippen MR) is 111 cm³/mol. The minimum atomic E-state index is -3.69. The van der Waals surface area contributed by atoms with Gasteiger partial charge in [-0.05, 0) is 50.1 Å². The Labute approximate surface area is 170 Å². The molecule has 0 heterocycles. The van der Waals surface area contributed by atoms with E-state index in [1.165, 1.54) is 18.2 Å². The van der Waals surface area contributed by atoms with E-state index in [1.807, 2.05) is 39.0 Å². The molecule has 0 radical (unpaired) electrons. The summed E-state index contributed by atoms with van der Waals surface area (Å²) in [6, 6.07) is 10.1. The van der Waals surface area contributed by atoms with Crippen LogP contribution in [0.3, 0.4) is 0 Å². The van der Waals surface area contributed by atoms with Gasteiger partial charge < -0.3 is 5.32 Å². The topological polar surface area (TPSA) is 66.5 Å². The van der Waals surface area contributed by atoms with Crippen LogP contribution in [0.2, 0.25) is 10.0 Å². The molecule has 1 atom stereocenters. The molecule has 2 aromatic rings. The predicted octanol–water partition coefficient (Wildman–Crippen LogP) is 4.25. The lowest BCUT2D eigenvalue weighted by atomic mass is 10.0. The van der Waals surface area contributed by atoms with Gasteiger partial charge in [-0.2, -0.15) is 0 Å². The number of nitrogens with zero attached hydrogens (tertiary/aromatic N) is 1. The largest absolute Gasteiger partial charge is 0.348 e. The summed E-state index contributed by atoms with van der Waals surface area (Å²) in [4.78, 5) is 12.5. The molecule has 146 valence electrons. The molecule has 2 aromatic carbocycles. The first-order chi connectivity index (χ1) is 12.5. The van der Waals surface area contributed by atoms with Crippen molar-refractivity contribution < 1.29 is 13.2 Å². The Morgan fingerprint density at radius 3 is 2.33 bits per heavy atom. The molecule has 0 aliphatic rings. The second-order valence-electron chi connectivity index (χ2n) is 6.52. The minimum absolute atomic E-state index is 0.215. The number of hydrogen-bond acceptors (Lipinski definition) is 3. The van der Waals surface area contributed by atoms with Gasteiger partial charge in [0.2, 0.25) is 15.9 Å². The number of hydrogen-bond donors (Lipinski definition) is 1. The molecule has 0 saturated carbocycles. The maximum atomic E-state index is 12.5. The summed E-state index contributed by atoms with van der Waals surface area (Å²) in [6.45, 7) is 5.48. The smallest absolute Gasteiger partial charge is 0.241 e. The van der Waals surface area contributed by atoms with E-state index in [1.54, 1.807) is 0 Å². The molecule has 0 aliphatic heterocycles. The highest BCUT2D eigenvalue weighted by molar-refractivity contribution is 7.92. The second kappa shape index (κ2) is 8.50. The van der Waals surface area contributed by atoms with Gasteiger partial charge in [-0.1, -0.05) is 47.0 Å². The molecule has 1 N–H and O–H groups in total. The van der Waals surface area contributed by atoms with Gasteiger partial charge >= 0.3 is 0 Å². The van der Waals surface area contributed by atoms with Crippen molar-refractivity contribution in [1.29, 1.82) is 0 Å². The lowest BCUT2D eigenvalue weighted by Crippen LogP contribution is -2.41. The number of sulfonamides is 1. The van der Waals surface area contributed by atoms with E-state index in [2.05, 4.69) is 5.32 Å².